The molecule has 0 atom stereocenters. The van der Waals surface area contributed by atoms with Crippen LogP contribution in [0.2, 0.25) is 0 Å². The summed E-state index contributed by atoms with van der Waals surface area (Å²) in [5.74, 6) is 0. The Morgan fingerprint density at radius 2 is 1.02 bits per heavy atom. The fourth-order valence-electron chi connectivity index (χ4n) is 6.47. The standard InChI is InChI=1S/C41H44N2/c1-38(2,3)28-16-14-15-27(23-28)35-24-30(40(7,8)9)26-37(43-35)41(36-25-29(21-22-42-36)39(4,5)6)33-19-12-10-17-31(33)32-18-11-13-20-34(32)41/h10-26H,1-9H3. The minimum atomic E-state index is -0.661. The van der Waals surface area contributed by atoms with Gasteiger partial charge in [-0.15, -0.1) is 0 Å². The summed E-state index contributed by atoms with van der Waals surface area (Å²) in [4.78, 5) is 10.8. The minimum absolute atomic E-state index is 0.0181. The molecule has 0 fully saturated rings. The van der Waals surface area contributed by atoms with Crippen LogP contribution in [0.4, 0.5) is 0 Å². The lowest BCUT2D eigenvalue weighted by Gasteiger charge is -2.34. The highest BCUT2D eigenvalue weighted by Gasteiger charge is 2.49. The first-order chi connectivity index (χ1) is 20.2. The van der Waals surface area contributed by atoms with E-state index in [0.717, 1.165) is 22.6 Å². The van der Waals surface area contributed by atoms with Gasteiger partial charge in [-0.1, -0.05) is 129 Å². The van der Waals surface area contributed by atoms with Gasteiger partial charge in [-0.3, -0.25) is 9.97 Å². The maximum Gasteiger partial charge on any atom is 0.106 e. The molecule has 218 valence electrons. The second-order valence-electron chi connectivity index (χ2n) is 15.2. The molecule has 1 aliphatic carbocycles. The molecule has 0 bridgehead atoms. The van der Waals surface area contributed by atoms with Crippen LogP contribution in [0.25, 0.3) is 22.4 Å². The van der Waals surface area contributed by atoms with E-state index in [0.29, 0.717) is 0 Å². The normalized spacial score (nSPS) is 14.3. The largest absolute Gasteiger partial charge is 0.260 e. The van der Waals surface area contributed by atoms with Crippen LogP contribution in [0.15, 0.2) is 103 Å². The number of hydrogen-bond donors (Lipinski definition) is 0. The number of pyridine rings is 2. The molecule has 0 radical (unpaired) electrons. The van der Waals surface area contributed by atoms with Crippen LogP contribution in [0, 0.1) is 0 Å². The summed E-state index contributed by atoms with van der Waals surface area (Å²) in [7, 11) is 0. The van der Waals surface area contributed by atoms with E-state index in [2.05, 4.69) is 159 Å². The van der Waals surface area contributed by atoms with Crippen molar-refractivity contribution in [3.8, 4) is 22.4 Å². The molecular formula is C41H44N2. The topological polar surface area (TPSA) is 25.8 Å². The molecule has 43 heavy (non-hydrogen) atoms. The summed E-state index contributed by atoms with van der Waals surface area (Å²) in [5.41, 5.74) is 12.3. The number of nitrogens with zero attached hydrogens (tertiary/aromatic N) is 2. The summed E-state index contributed by atoms with van der Waals surface area (Å²) >= 11 is 0. The fraction of sp³-hybridized carbons (Fsp3) is 0.317. The first-order valence-electron chi connectivity index (χ1n) is 15.5. The first-order valence-corrected chi connectivity index (χ1v) is 15.5. The third-order valence-corrected chi connectivity index (χ3v) is 9.06. The minimum Gasteiger partial charge on any atom is -0.260 e. The summed E-state index contributed by atoms with van der Waals surface area (Å²) in [6, 6.07) is 35.7. The Morgan fingerprint density at radius 1 is 0.488 bits per heavy atom. The third kappa shape index (κ3) is 4.91. The van der Waals surface area contributed by atoms with Crippen LogP contribution in [-0.4, -0.2) is 9.97 Å². The van der Waals surface area contributed by atoms with Gasteiger partial charge in [0, 0.05) is 11.8 Å². The Kier molecular flexibility index (Phi) is 6.77. The van der Waals surface area contributed by atoms with Crippen molar-refractivity contribution in [3.63, 3.8) is 0 Å². The number of hydrogen-bond acceptors (Lipinski definition) is 2. The van der Waals surface area contributed by atoms with Gasteiger partial charge in [0.05, 0.1) is 17.1 Å². The van der Waals surface area contributed by atoms with Crippen LogP contribution >= 0.6 is 0 Å². The second kappa shape index (κ2) is 10.0. The molecule has 2 heteroatoms. The van der Waals surface area contributed by atoms with Crippen LogP contribution in [-0.2, 0) is 21.7 Å². The smallest absolute Gasteiger partial charge is 0.106 e. The lowest BCUT2D eigenvalue weighted by Crippen LogP contribution is -2.32. The van der Waals surface area contributed by atoms with Gasteiger partial charge in [-0.25, -0.2) is 0 Å². The molecule has 3 aromatic carbocycles. The zero-order valence-corrected chi connectivity index (χ0v) is 27.2. The van der Waals surface area contributed by atoms with E-state index in [4.69, 9.17) is 9.97 Å². The predicted molar refractivity (Wildman–Crippen MR) is 181 cm³/mol. The van der Waals surface area contributed by atoms with Crippen molar-refractivity contribution in [2.75, 3.05) is 0 Å². The molecule has 2 heterocycles. The molecule has 2 nitrogen and oxygen atoms in total. The summed E-state index contributed by atoms with van der Waals surface area (Å²) in [6.45, 7) is 20.5. The SMILES string of the molecule is CC(C)(C)c1cccc(-c2cc(C(C)(C)C)cc(C3(c4cc(C(C)(C)C)ccn4)c4ccccc4-c4ccccc43)n2)c1. The lowest BCUT2D eigenvalue weighted by molar-refractivity contribution is 0.579. The number of fused-ring (bicyclic) bond motifs is 3. The van der Waals surface area contributed by atoms with Gasteiger partial charge in [0.1, 0.15) is 5.41 Å². The number of aromatic nitrogens is 2. The highest BCUT2D eigenvalue weighted by atomic mass is 14.8. The van der Waals surface area contributed by atoms with Gasteiger partial charge < -0.3 is 0 Å². The Balaban J connectivity index is 1.75. The van der Waals surface area contributed by atoms with Crippen molar-refractivity contribution in [1.82, 2.24) is 9.97 Å². The summed E-state index contributed by atoms with van der Waals surface area (Å²) < 4.78 is 0. The maximum atomic E-state index is 5.62. The van der Waals surface area contributed by atoms with Crippen LogP contribution in [0.3, 0.4) is 0 Å². The monoisotopic (exact) mass is 564 g/mol. The lowest BCUT2D eigenvalue weighted by atomic mass is 9.70. The van der Waals surface area contributed by atoms with Crippen molar-refractivity contribution >= 4 is 0 Å². The van der Waals surface area contributed by atoms with E-state index in [9.17, 15) is 0 Å². The molecule has 1 aliphatic rings. The molecular weight excluding hydrogens is 520 g/mol. The average Bonchev–Trinajstić information content (AvgIpc) is 3.27. The third-order valence-electron chi connectivity index (χ3n) is 9.06. The van der Waals surface area contributed by atoms with E-state index >= 15 is 0 Å². The summed E-state index contributed by atoms with van der Waals surface area (Å²) in [5, 5.41) is 0. The van der Waals surface area contributed by atoms with Gasteiger partial charge in [-0.2, -0.15) is 0 Å². The molecule has 0 saturated heterocycles. The molecule has 0 spiro atoms. The number of benzene rings is 3. The zero-order valence-electron chi connectivity index (χ0n) is 27.2. The molecule has 0 N–H and O–H groups in total. The van der Waals surface area contributed by atoms with Gasteiger partial charge >= 0.3 is 0 Å². The summed E-state index contributed by atoms with van der Waals surface area (Å²) in [6.07, 6.45) is 1.99. The quantitative estimate of drug-likeness (QED) is 0.214. The van der Waals surface area contributed by atoms with Crippen molar-refractivity contribution in [2.24, 2.45) is 0 Å². The Labute approximate surface area is 258 Å². The van der Waals surface area contributed by atoms with E-state index < -0.39 is 5.41 Å². The fourth-order valence-corrected chi connectivity index (χ4v) is 6.47. The predicted octanol–water partition coefficient (Wildman–Crippen LogP) is 10.4. The molecule has 6 rings (SSSR count). The highest BCUT2D eigenvalue weighted by molar-refractivity contribution is 5.85. The number of rotatable bonds is 3. The van der Waals surface area contributed by atoms with Gasteiger partial charge in [0.25, 0.3) is 0 Å². The van der Waals surface area contributed by atoms with Crippen LogP contribution < -0.4 is 0 Å². The Hall–Kier alpha value is -4.04. The Bertz CT molecular complexity index is 1780. The van der Waals surface area contributed by atoms with E-state index in [-0.39, 0.29) is 16.2 Å². The highest BCUT2D eigenvalue weighted by Crippen LogP contribution is 2.56. The van der Waals surface area contributed by atoms with Crippen molar-refractivity contribution in [1.29, 1.82) is 0 Å². The second-order valence-corrected chi connectivity index (χ2v) is 15.2. The zero-order chi connectivity index (χ0) is 30.8. The van der Waals surface area contributed by atoms with Crippen molar-refractivity contribution in [3.05, 3.63) is 142 Å². The Morgan fingerprint density at radius 3 is 1.60 bits per heavy atom. The van der Waals surface area contributed by atoms with E-state index in [1.165, 1.54) is 38.9 Å². The van der Waals surface area contributed by atoms with Gasteiger partial charge in [0.2, 0.25) is 0 Å². The van der Waals surface area contributed by atoms with E-state index in [1.807, 2.05) is 6.20 Å². The van der Waals surface area contributed by atoms with Crippen molar-refractivity contribution < 1.29 is 0 Å². The van der Waals surface area contributed by atoms with Crippen molar-refractivity contribution in [2.45, 2.75) is 84.0 Å². The molecule has 0 unspecified atom stereocenters. The molecule has 0 amide bonds. The maximum absolute atomic E-state index is 5.62. The van der Waals surface area contributed by atoms with E-state index in [1.54, 1.807) is 0 Å². The molecule has 0 aliphatic heterocycles. The molecule has 5 aromatic rings. The first kappa shape index (κ1) is 29.1. The molecule has 2 aromatic heterocycles. The van der Waals surface area contributed by atoms with Gasteiger partial charge in [0.15, 0.2) is 0 Å². The molecule has 0 saturated carbocycles. The van der Waals surface area contributed by atoms with Gasteiger partial charge in [-0.05, 0) is 85.5 Å². The van der Waals surface area contributed by atoms with Crippen LogP contribution in [0.1, 0.15) is 102 Å². The van der Waals surface area contributed by atoms with Crippen LogP contribution in [0.5, 0.6) is 0 Å². The average molecular weight is 565 g/mol.